The van der Waals surface area contributed by atoms with Gasteiger partial charge in [0, 0.05) is 19.1 Å². The molecular formula is C52H73NO3. The highest BCUT2D eigenvalue weighted by atomic mass is 16.3. The fraction of sp³-hybridized carbons (Fsp3) is 0.731. The summed E-state index contributed by atoms with van der Waals surface area (Å²) in [5.41, 5.74) is 0.952. The molecule has 7 aliphatic rings. The molecule has 0 aromatic heterocycles. The van der Waals surface area contributed by atoms with E-state index in [4.69, 9.17) is 0 Å². The lowest BCUT2D eigenvalue weighted by Crippen LogP contribution is -2.67. The molecule has 4 heteroatoms. The van der Waals surface area contributed by atoms with Crippen molar-refractivity contribution in [1.29, 1.82) is 0 Å². The van der Waals surface area contributed by atoms with E-state index in [1.165, 1.54) is 78.6 Å². The average molecular weight is 760 g/mol. The zero-order chi connectivity index (χ0) is 38.7. The Bertz CT molecular complexity index is 1920. The van der Waals surface area contributed by atoms with E-state index in [2.05, 4.69) is 94.1 Å². The van der Waals surface area contributed by atoms with Crippen LogP contribution >= 0.6 is 0 Å². The summed E-state index contributed by atoms with van der Waals surface area (Å²) in [5.74, 6) is 6.34. The number of piperidine rings is 2. The van der Waals surface area contributed by atoms with Crippen LogP contribution in [-0.4, -0.2) is 57.2 Å². The maximum atomic E-state index is 12.3. The van der Waals surface area contributed by atoms with Gasteiger partial charge in [-0.3, -0.25) is 4.90 Å². The van der Waals surface area contributed by atoms with Gasteiger partial charge in [-0.15, -0.1) is 0 Å². The van der Waals surface area contributed by atoms with Crippen LogP contribution in [0.1, 0.15) is 136 Å². The van der Waals surface area contributed by atoms with Crippen molar-refractivity contribution in [2.75, 3.05) is 13.1 Å². The SMILES string of the molecule is CC(C)CC[C@H](C[C@H]1CC[C@@]2(C1)C[C@]1(C)[C@@H]3C[C@H]4[C@H](CC[C@@H]5[C@H]4CN4C[C@H](C)CC[C@@H]4[C@@]5(C)O)[C@@H]3C[C@H](O)[C@@H]1C[C@H]2O)c1ccc2cc3ccccc3cc2c1. The molecule has 10 rings (SSSR count). The summed E-state index contributed by atoms with van der Waals surface area (Å²) in [4.78, 5) is 2.72. The Morgan fingerprint density at radius 1 is 0.732 bits per heavy atom. The molecule has 5 saturated carbocycles. The molecule has 5 aliphatic carbocycles. The van der Waals surface area contributed by atoms with Gasteiger partial charge in [0.2, 0.25) is 0 Å². The van der Waals surface area contributed by atoms with E-state index in [0.29, 0.717) is 59.3 Å². The van der Waals surface area contributed by atoms with Crippen LogP contribution < -0.4 is 0 Å². The molecule has 2 heterocycles. The molecule has 0 amide bonds. The Morgan fingerprint density at radius 3 is 2.29 bits per heavy atom. The predicted octanol–water partition coefficient (Wildman–Crippen LogP) is 11.0. The lowest BCUT2D eigenvalue weighted by molar-refractivity contribution is -0.180. The van der Waals surface area contributed by atoms with E-state index >= 15 is 0 Å². The first-order chi connectivity index (χ1) is 26.8. The van der Waals surface area contributed by atoms with Gasteiger partial charge in [0.25, 0.3) is 0 Å². The van der Waals surface area contributed by atoms with Gasteiger partial charge in [-0.2, -0.15) is 0 Å². The number of benzene rings is 3. The Morgan fingerprint density at radius 2 is 1.50 bits per heavy atom. The zero-order valence-corrected chi connectivity index (χ0v) is 35.4. The number of nitrogens with zero attached hydrogens (tertiary/aromatic N) is 1. The maximum Gasteiger partial charge on any atom is 0.0805 e. The first kappa shape index (κ1) is 38.2. The second-order valence-electron chi connectivity index (χ2n) is 22.6. The highest BCUT2D eigenvalue weighted by molar-refractivity contribution is 5.98. The van der Waals surface area contributed by atoms with Crippen LogP contribution in [0.4, 0.5) is 0 Å². The quantitative estimate of drug-likeness (QED) is 0.219. The van der Waals surface area contributed by atoms with Gasteiger partial charge in [-0.25, -0.2) is 0 Å². The van der Waals surface area contributed by atoms with Gasteiger partial charge < -0.3 is 15.3 Å². The third kappa shape index (κ3) is 6.18. The molecule has 0 unspecified atom stereocenters. The van der Waals surface area contributed by atoms with Crippen molar-refractivity contribution >= 4 is 21.5 Å². The van der Waals surface area contributed by atoms with Crippen molar-refractivity contribution in [3.8, 4) is 0 Å². The monoisotopic (exact) mass is 760 g/mol. The van der Waals surface area contributed by atoms with Crippen molar-refractivity contribution in [3.05, 3.63) is 60.2 Å². The van der Waals surface area contributed by atoms with Crippen LogP contribution in [0.5, 0.6) is 0 Å². The summed E-state index contributed by atoms with van der Waals surface area (Å²) in [6, 6.07) is 21.1. The predicted molar refractivity (Wildman–Crippen MR) is 229 cm³/mol. The summed E-state index contributed by atoms with van der Waals surface area (Å²) in [6.45, 7) is 14.3. The molecule has 4 nitrogen and oxygen atoms in total. The molecule has 2 saturated heterocycles. The van der Waals surface area contributed by atoms with E-state index in [0.717, 1.165) is 57.4 Å². The number of hydrogen-bond donors (Lipinski definition) is 3. The number of fused-ring (bicyclic) bond motifs is 10. The lowest BCUT2D eigenvalue weighted by atomic mass is 9.46. The molecule has 0 radical (unpaired) electrons. The highest BCUT2D eigenvalue weighted by Gasteiger charge is 2.67. The molecule has 56 heavy (non-hydrogen) atoms. The first-order valence-corrected chi connectivity index (χ1v) is 23.6. The minimum atomic E-state index is -0.597. The van der Waals surface area contributed by atoms with E-state index in [1.807, 2.05) is 0 Å². The summed E-state index contributed by atoms with van der Waals surface area (Å²) >= 11 is 0. The van der Waals surface area contributed by atoms with Crippen LogP contribution in [0, 0.1) is 70.0 Å². The molecule has 7 fully saturated rings. The number of hydrogen-bond acceptors (Lipinski definition) is 4. The topological polar surface area (TPSA) is 63.9 Å². The standard InChI is InChI=1S/C52H73NO3/c1-31(2)10-12-36(37-13-14-38-21-34-8-6-7-9-35(34)22-39(38)23-37)20-33-18-19-52(27-33)30-50(4)45-24-41-40(42(45)25-47(54)46(50)26-49(52)55)15-16-44-43(41)29-53-28-32(3)11-17-48(53)51(44,5)56/h6-9,13-14,21-23,31-33,36,40-49,54-56H,10-12,15-20,24-30H2,1-5H3/t32-,33-,36-,40+,41+,42+,43+,44-,45-,46+,47+,48-,49-,50-,51+,52-/m1/s1. The van der Waals surface area contributed by atoms with Crippen LogP contribution in [0.25, 0.3) is 21.5 Å². The summed E-state index contributed by atoms with van der Waals surface area (Å²) < 4.78 is 0. The molecular weight excluding hydrogens is 687 g/mol. The molecule has 0 bridgehead atoms. The minimum absolute atomic E-state index is 0.0234. The fourth-order valence-electron chi connectivity index (χ4n) is 16.5. The largest absolute Gasteiger partial charge is 0.393 e. The van der Waals surface area contributed by atoms with Crippen molar-refractivity contribution in [3.63, 3.8) is 0 Å². The van der Waals surface area contributed by atoms with Crippen molar-refractivity contribution in [2.24, 2.45) is 70.0 Å². The van der Waals surface area contributed by atoms with Gasteiger partial charge in [0.15, 0.2) is 0 Å². The van der Waals surface area contributed by atoms with Crippen molar-refractivity contribution in [1.82, 2.24) is 4.90 Å². The number of aliphatic hydroxyl groups excluding tert-OH is 2. The average Bonchev–Trinajstić information content (AvgIpc) is 3.75. The minimum Gasteiger partial charge on any atom is -0.393 e. The van der Waals surface area contributed by atoms with Crippen LogP contribution in [0.3, 0.4) is 0 Å². The van der Waals surface area contributed by atoms with Gasteiger partial charge >= 0.3 is 0 Å². The van der Waals surface area contributed by atoms with Crippen LogP contribution in [-0.2, 0) is 0 Å². The van der Waals surface area contributed by atoms with Gasteiger partial charge in [-0.1, -0.05) is 76.6 Å². The van der Waals surface area contributed by atoms with Crippen molar-refractivity contribution in [2.45, 2.75) is 154 Å². The first-order valence-electron chi connectivity index (χ1n) is 23.6. The fourth-order valence-corrected chi connectivity index (χ4v) is 16.5. The third-order valence-electron chi connectivity index (χ3n) is 19.1. The van der Waals surface area contributed by atoms with E-state index in [1.54, 1.807) is 0 Å². The number of rotatable bonds is 6. The molecule has 3 aromatic rings. The molecule has 16 atom stereocenters. The van der Waals surface area contributed by atoms with Crippen LogP contribution in [0.2, 0.25) is 0 Å². The normalized spacial score (nSPS) is 45.4. The van der Waals surface area contributed by atoms with E-state index < -0.39 is 5.60 Å². The van der Waals surface area contributed by atoms with Gasteiger partial charge in [-0.05, 0) is 206 Å². The smallest absolute Gasteiger partial charge is 0.0805 e. The van der Waals surface area contributed by atoms with Crippen LogP contribution in [0.15, 0.2) is 54.6 Å². The third-order valence-corrected chi connectivity index (χ3v) is 19.1. The Hall–Kier alpha value is -1.98. The van der Waals surface area contributed by atoms with E-state index in [9.17, 15) is 15.3 Å². The second-order valence-corrected chi connectivity index (χ2v) is 22.6. The summed E-state index contributed by atoms with van der Waals surface area (Å²) in [5, 5.41) is 41.9. The maximum absolute atomic E-state index is 12.3. The second kappa shape index (κ2) is 14.1. The van der Waals surface area contributed by atoms with Crippen molar-refractivity contribution < 1.29 is 15.3 Å². The summed E-state index contributed by atoms with van der Waals surface area (Å²) in [7, 11) is 0. The molecule has 1 spiro atoms. The molecule has 2 aliphatic heterocycles. The molecule has 3 aromatic carbocycles. The Kier molecular flexibility index (Phi) is 9.60. The Labute approximate surface area is 338 Å². The lowest BCUT2D eigenvalue weighted by Gasteiger charge is -2.60. The summed E-state index contributed by atoms with van der Waals surface area (Å²) in [6.07, 6.45) is 15.5. The van der Waals surface area contributed by atoms with Gasteiger partial charge in [0.05, 0.1) is 17.8 Å². The van der Waals surface area contributed by atoms with E-state index in [-0.39, 0.29) is 29.0 Å². The highest BCUT2D eigenvalue weighted by Crippen LogP contribution is 2.71. The molecule has 304 valence electrons. The number of aliphatic hydroxyl groups is 3. The van der Waals surface area contributed by atoms with Gasteiger partial charge in [0.1, 0.15) is 0 Å². The molecule has 3 N–H and O–H groups in total. The zero-order valence-electron chi connectivity index (χ0n) is 35.4. The Balaban J connectivity index is 0.896.